The predicted octanol–water partition coefficient (Wildman–Crippen LogP) is 9.51. The minimum Gasteiger partial charge on any atom is -0.872 e. The maximum atomic E-state index is 11.5. The topological polar surface area (TPSA) is 139 Å². The van der Waals surface area contributed by atoms with Gasteiger partial charge in [-0.25, -0.2) is 9.59 Å². The summed E-state index contributed by atoms with van der Waals surface area (Å²) in [6.07, 6.45) is 25.3. The number of carboxylic acid groups (broad SMARTS) is 2. The molecule has 2 aromatic rings. The molecule has 0 aliphatic rings. The van der Waals surface area contributed by atoms with Gasteiger partial charge in [0, 0.05) is 0 Å². The Bertz CT molecular complexity index is 1010. The van der Waals surface area contributed by atoms with Crippen molar-refractivity contribution in [3.8, 4) is 23.0 Å². The van der Waals surface area contributed by atoms with Gasteiger partial charge in [-0.3, -0.25) is 0 Å². The second kappa shape index (κ2) is 29.4. The molecule has 0 saturated carbocycles. The third kappa shape index (κ3) is 22.4. The van der Waals surface area contributed by atoms with Gasteiger partial charge in [0.1, 0.15) is 11.5 Å². The van der Waals surface area contributed by atoms with Crippen LogP contribution in [0.15, 0.2) is 36.4 Å². The monoisotopic (exact) mass is 706 g/mol. The van der Waals surface area contributed by atoms with Crippen molar-refractivity contribution in [1.29, 1.82) is 0 Å². The molecule has 2 aromatic carbocycles. The fourth-order valence-corrected chi connectivity index (χ4v) is 5.10. The zero-order chi connectivity index (χ0) is 33.8. The van der Waals surface area contributed by atoms with Crippen molar-refractivity contribution in [2.45, 2.75) is 142 Å². The van der Waals surface area contributed by atoms with Gasteiger partial charge in [0.25, 0.3) is 0 Å². The number of hydrogen-bond donors (Lipinski definition) is 2. The Morgan fingerprint density at radius 3 is 1.04 bits per heavy atom. The minimum absolute atomic E-state index is 0. The average Bonchev–Trinajstić information content (AvgIpc) is 3.02. The summed E-state index contributed by atoms with van der Waals surface area (Å²) in [5.74, 6) is -2.49. The molecule has 0 saturated heterocycles. The number of benzene rings is 2. The molecule has 8 nitrogen and oxygen atoms in total. The van der Waals surface area contributed by atoms with Gasteiger partial charge in [-0.2, -0.15) is 0 Å². The zero-order valence-electron chi connectivity index (χ0n) is 29.1. The number of unbranched alkanes of at least 4 members (excludes halogenated alkanes) is 18. The average molecular weight is 708 g/mol. The van der Waals surface area contributed by atoms with Crippen LogP contribution < -0.4 is 19.7 Å². The van der Waals surface area contributed by atoms with Crippen LogP contribution >= 0.6 is 0 Å². The van der Waals surface area contributed by atoms with E-state index in [0.717, 1.165) is 25.7 Å². The Balaban J connectivity index is 0.000000882. The van der Waals surface area contributed by atoms with Crippen molar-refractivity contribution in [2.24, 2.45) is 0 Å². The van der Waals surface area contributed by atoms with Crippen LogP contribution in [-0.4, -0.2) is 35.4 Å². The van der Waals surface area contributed by atoms with Crippen molar-refractivity contribution in [3.63, 3.8) is 0 Å². The first kappa shape index (κ1) is 44.2. The molecule has 0 amide bonds. The molecule has 0 atom stereocenters. The summed E-state index contributed by atoms with van der Waals surface area (Å²) < 4.78 is 11.0. The number of ether oxygens (including phenoxy) is 2. The summed E-state index contributed by atoms with van der Waals surface area (Å²) in [5, 5.41) is 40.6. The van der Waals surface area contributed by atoms with Gasteiger partial charge >= 0.3 is 31.4 Å². The Morgan fingerprint density at radius 2 is 0.787 bits per heavy atom. The van der Waals surface area contributed by atoms with Gasteiger partial charge < -0.3 is 29.9 Å². The van der Waals surface area contributed by atoms with E-state index in [1.54, 1.807) is 12.1 Å². The summed E-state index contributed by atoms with van der Waals surface area (Å²) in [6, 6.07) is 8.19. The van der Waals surface area contributed by atoms with Gasteiger partial charge in [-0.1, -0.05) is 141 Å². The van der Waals surface area contributed by atoms with Gasteiger partial charge in [-0.05, 0) is 49.2 Å². The quantitative estimate of drug-likeness (QED) is 0.0728. The van der Waals surface area contributed by atoms with Crippen LogP contribution in [0.5, 0.6) is 23.0 Å². The molecular weight excluding hydrogens is 650 g/mol. The molecule has 0 aliphatic carbocycles. The number of aromatic carboxylic acids is 2. The first-order valence-corrected chi connectivity index (χ1v) is 17.6. The van der Waals surface area contributed by atoms with E-state index in [1.807, 2.05) is 0 Å². The van der Waals surface area contributed by atoms with E-state index in [9.17, 15) is 19.8 Å². The number of hydrogen-bond acceptors (Lipinski definition) is 6. The molecule has 2 N–H and O–H groups in total. The van der Waals surface area contributed by atoms with Crippen molar-refractivity contribution in [3.05, 3.63) is 47.5 Å². The molecule has 47 heavy (non-hydrogen) atoms. The van der Waals surface area contributed by atoms with Gasteiger partial charge in [0.15, 0.2) is 0 Å². The molecule has 260 valence electrons. The molecule has 0 spiro atoms. The van der Waals surface area contributed by atoms with Crippen molar-refractivity contribution >= 4 is 11.9 Å². The van der Waals surface area contributed by atoms with E-state index >= 15 is 0 Å². The van der Waals surface area contributed by atoms with Gasteiger partial charge in [0.05, 0.1) is 24.3 Å². The fourth-order valence-electron chi connectivity index (χ4n) is 5.10. The molecule has 0 aromatic heterocycles. The SMILES string of the molecule is CCCCCCCCCCCCOc1ccc(C(=O)O)c([O-])c1.CCCCCCCCCCCCOc1ccc(C(=O)O)c([O-])c1.[Zn+2]. The fraction of sp³-hybridized carbons (Fsp3) is 0.632. The second-order valence-electron chi connectivity index (χ2n) is 12.0. The van der Waals surface area contributed by atoms with E-state index in [0.29, 0.717) is 24.7 Å². The summed E-state index contributed by atoms with van der Waals surface area (Å²) in [7, 11) is 0. The summed E-state index contributed by atoms with van der Waals surface area (Å²) in [6.45, 7) is 5.62. The number of carboxylic acids is 2. The minimum atomic E-state index is -1.20. The maximum Gasteiger partial charge on any atom is 2.00 e. The molecule has 0 fully saturated rings. The third-order valence-corrected chi connectivity index (χ3v) is 7.90. The first-order chi connectivity index (χ1) is 22.3. The molecule has 0 radical (unpaired) electrons. The van der Waals surface area contributed by atoms with E-state index < -0.39 is 23.4 Å². The number of rotatable bonds is 26. The van der Waals surface area contributed by atoms with E-state index in [1.165, 1.54) is 127 Å². The summed E-state index contributed by atoms with van der Waals surface area (Å²) in [5.41, 5.74) is -0.424. The Labute approximate surface area is 296 Å². The standard InChI is InChI=1S/2C19H30O4.Zn/c2*1-2-3-4-5-6-7-8-9-10-11-14-23-16-12-13-17(19(21)22)18(20)15-16;/h2*12-13,15,20H,2-11,14H2,1H3,(H,21,22);/q;;+2/p-2. The molecule has 2 rings (SSSR count). The normalized spacial score (nSPS) is 10.4. The first-order valence-electron chi connectivity index (χ1n) is 17.6. The zero-order valence-corrected chi connectivity index (χ0v) is 32.0. The molecule has 9 heteroatoms. The molecular formula is C38H58O8Zn. The van der Waals surface area contributed by atoms with E-state index in [4.69, 9.17) is 19.7 Å². The number of carbonyl (C=O) groups is 2. The Hall–Kier alpha value is -2.80. The summed E-state index contributed by atoms with van der Waals surface area (Å²) >= 11 is 0. The third-order valence-electron chi connectivity index (χ3n) is 7.90. The van der Waals surface area contributed by atoms with Crippen molar-refractivity contribution < 1.29 is 59.0 Å². The second-order valence-corrected chi connectivity index (χ2v) is 12.0. The molecule has 0 unspecified atom stereocenters. The van der Waals surface area contributed by atoms with Crippen LogP contribution in [-0.2, 0) is 19.5 Å². The van der Waals surface area contributed by atoms with Gasteiger partial charge in [0.2, 0.25) is 0 Å². The van der Waals surface area contributed by atoms with Crippen molar-refractivity contribution in [2.75, 3.05) is 13.2 Å². The summed E-state index contributed by atoms with van der Waals surface area (Å²) in [4.78, 5) is 21.5. The van der Waals surface area contributed by atoms with Crippen LogP contribution in [0.3, 0.4) is 0 Å². The van der Waals surface area contributed by atoms with E-state index in [-0.39, 0.29) is 30.6 Å². The Kier molecular flexibility index (Phi) is 27.6. The van der Waals surface area contributed by atoms with Crippen LogP contribution in [0.1, 0.15) is 163 Å². The Morgan fingerprint density at radius 1 is 0.511 bits per heavy atom. The smallest absolute Gasteiger partial charge is 0.872 e. The van der Waals surface area contributed by atoms with Gasteiger partial charge in [-0.15, -0.1) is 0 Å². The molecule has 0 aliphatic heterocycles. The van der Waals surface area contributed by atoms with Crippen molar-refractivity contribution in [1.82, 2.24) is 0 Å². The van der Waals surface area contributed by atoms with Crippen LogP contribution in [0.4, 0.5) is 0 Å². The molecule has 0 heterocycles. The van der Waals surface area contributed by atoms with Crippen LogP contribution in [0, 0.1) is 0 Å². The largest absolute Gasteiger partial charge is 2.00 e. The maximum absolute atomic E-state index is 11.5. The van der Waals surface area contributed by atoms with E-state index in [2.05, 4.69) is 13.8 Å². The predicted molar refractivity (Wildman–Crippen MR) is 180 cm³/mol. The molecule has 0 bridgehead atoms. The van der Waals surface area contributed by atoms with Crippen LogP contribution in [0.25, 0.3) is 0 Å². The van der Waals surface area contributed by atoms with Crippen LogP contribution in [0.2, 0.25) is 0 Å².